The fourth-order valence-electron chi connectivity index (χ4n) is 2.00. The number of esters is 1. The Kier molecular flexibility index (Phi) is 3.20. The summed E-state index contributed by atoms with van der Waals surface area (Å²) in [6, 6.07) is 0. The van der Waals surface area contributed by atoms with Crippen molar-refractivity contribution in [2.24, 2.45) is 5.41 Å². The number of quaternary nitrogens is 1. The maximum Gasteiger partial charge on any atom is 0.430 e. The summed E-state index contributed by atoms with van der Waals surface area (Å²) in [4.78, 5) is 20.0. The van der Waals surface area contributed by atoms with Crippen LogP contribution in [0.25, 0.3) is 0 Å². The Labute approximate surface area is 100 Å². The zero-order valence-electron chi connectivity index (χ0n) is 9.60. The van der Waals surface area contributed by atoms with Crippen molar-refractivity contribution in [3.63, 3.8) is 0 Å². The average molecular weight is 267 g/mol. The molecule has 18 heavy (non-hydrogen) atoms. The van der Waals surface area contributed by atoms with E-state index >= 15 is 0 Å². The van der Waals surface area contributed by atoms with Crippen molar-refractivity contribution in [2.75, 3.05) is 7.11 Å². The molecule has 1 atom stereocenters. The summed E-state index contributed by atoms with van der Waals surface area (Å²) >= 11 is 0. The molecule has 0 aromatic carbocycles. The van der Waals surface area contributed by atoms with Crippen molar-refractivity contribution in [3.05, 3.63) is 12.2 Å². The van der Waals surface area contributed by atoms with Gasteiger partial charge in [-0.15, -0.1) is 0 Å². The van der Waals surface area contributed by atoms with Crippen LogP contribution in [0.1, 0.15) is 12.8 Å². The van der Waals surface area contributed by atoms with Gasteiger partial charge >= 0.3 is 12.1 Å². The number of ether oxygens (including phenoxy) is 1. The quantitative estimate of drug-likeness (QED) is 0.476. The number of carbonyl (C=O) groups is 2. The summed E-state index contributed by atoms with van der Waals surface area (Å²) < 4.78 is 36.2. The number of aliphatic carboxylic acids is 1. The highest BCUT2D eigenvalue weighted by molar-refractivity contribution is 5.93. The van der Waals surface area contributed by atoms with Crippen LogP contribution in [0.3, 0.4) is 0 Å². The third-order valence-electron chi connectivity index (χ3n) is 3.36. The van der Waals surface area contributed by atoms with Gasteiger partial charge in [-0.2, -0.15) is 13.2 Å². The van der Waals surface area contributed by atoms with E-state index in [0.29, 0.717) is 0 Å². The fourth-order valence-corrected chi connectivity index (χ4v) is 2.00. The van der Waals surface area contributed by atoms with Crippen LogP contribution < -0.4 is 10.8 Å². The molecule has 3 N–H and O–H groups in total. The molecule has 2 aliphatic carbocycles. The Bertz CT molecular complexity index is 414. The van der Waals surface area contributed by atoms with Crippen LogP contribution in [0, 0.1) is 5.41 Å². The molecule has 1 spiro atoms. The smallest absolute Gasteiger partial charge is 0.430 e. The molecular formula is C10H12F3NO4. The number of carbonyl (C=O) groups excluding carboxylic acids is 2. The van der Waals surface area contributed by atoms with E-state index in [2.05, 4.69) is 17.0 Å². The molecule has 2 aliphatic rings. The zero-order valence-corrected chi connectivity index (χ0v) is 9.60. The topological polar surface area (TPSA) is 94.1 Å². The van der Waals surface area contributed by atoms with Crippen LogP contribution >= 0.6 is 0 Å². The van der Waals surface area contributed by atoms with Gasteiger partial charge in [0.1, 0.15) is 5.97 Å². The third kappa shape index (κ3) is 1.96. The Morgan fingerprint density at radius 3 is 2.00 bits per heavy atom. The molecule has 0 aromatic heterocycles. The highest BCUT2D eigenvalue weighted by Crippen LogP contribution is 2.74. The number of alkyl halides is 3. The summed E-state index contributed by atoms with van der Waals surface area (Å²) in [5, 5.41) is 8.78. The molecule has 102 valence electrons. The third-order valence-corrected chi connectivity index (χ3v) is 3.36. The second-order valence-corrected chi connectivity index (χ2v) is 4.24. The minimum absolute atomic E-state index is 0.0556. The number of halogens is 3. The maximum atomic E-state index is 11.2. The van der Waals surface area contributed by atoms with Crippen LogP contribution in [-0.2, 0) is 14.3 Å². The largest absolute Gasteiger partial charge is 0.542 e. The lowest BCUT2D eigenvalue weighted by atomic mass is 10.2. The minimum atomic E-state index is -5.19. The normalized spacial score (nSPS) is 27.1. The Hall–Kier alpha value is -1.57. The first-order valence-electron chi connectivity index (χ1n) is 4.96. The van der Waals surface area contributed by atoms with Crippen molar-refractivity contribution < 1.29 is 38.3 Å². The molecular weight excluding hydrogens is 255 g/mol. The molecule has 0 aliphatic heterocycles. The van der Waals surface area contributed by atoms with Crippen LogP contribution in [0.2, 0.25) is 0 Å². The van der Waals surface area contributed by atoms with Crippen LogP contribution in [0.15, 0.2) is 12.2 Å². The molecule has 2 rings (SSSR count). The van der Waals surface area contributed by atoms with E-state index in [0.717, 1.165) is 18.4 Å². The molecule has 0 aromatic rings. The number of rotatable bonds is 1. The van der Waals surface area contributed by atoms with Crippen LogP contribution in [0.5, 0.6) is 0 Å². The number of carboxylic acids is 1. The lowest BCUT2D eigenvalue weighted by Crippen LogP contribution is -2.70. The molecule has 8 heteroatoms. The van der Waals surface area contributed by atoms with E-state index in [-0.39, 0.29) is 11.4 Å². The number of methoxy groups -OCH3 is 1. The molecule has 2 fully saturated rings. The predicted molar refractivity (Wildman–Crippen MR) is 49.5 cm³/mol. The van der Waals surface area contributed by atoms with Crippen LogP contribution in [-0.4, -0.2) is 30.8 Å². The van der Waals surface area contributed by atoms with Gasteiger partial charge in [0, 0.05) is 5.57 Å². The monoisotopic (exact) mass is 267 g/mol. The van der Waals surface area contributed by atoms with Gasteiger partial charge in [-0.25, -0.2) is 4.79 Å². The van der Waals surface area contributed by atoms with E-state index in [9.17, 15) is 18.0 Å². The van der Waals surface area contributed by atoms with Gasteiger partial charge in [0.25, 0.3) is 0 Å². The Balaban J connectivity index is 0.000000203. The first-order chi connectivity index (χ1) is 8.04. The molecule has 2 saturated carbocycles. The molecule has 0 radical (unpaired) electrons. The van der Waals surface area contributed by atoms with E-state index in [4.69, 9.17) is 9.90 Å². The van der Waals surface area contributed by atoms with Gasteiger partial charge in [0.15, 0.2) is 0 Å². The van der Waals surface area contributed by atoms with Gasteiger partial charge in [-0.1, -0.05) is 6.58 Å². The van der Waals surface area contributed by atoms with Gasteiger partial charge in [0.2, 0.25) is 5.54 Å². The van der Waals surface area contributed by atoms with E-state index in [1.165, 1.54) is 7.11 Å². The summed E-state index contributed by atoms with van der Waals surface area (Å²) in [6.45, 7) is 3.84. The molecule has 0 heterocycles. The van der Waals surface area contributed by atoms with Crippen molar-refractivity contribution in [1.29, 1.82) is 0 Å². The van der Waals surface area contributed by atoms with Crippen molar-refractivity contribution in [1.82, 2.24) is 0 Å². The first-order valence-corrected chi connectivity index (χ1v) is 4.96. The van der Waals surface area contributed by atoms with Crippen LogP contribution in [0.4, 0.5) is 13.2 Å². The van der Waals surface area contributed by atoms with Gasteiger partial charge in [-0.05, 0) is 12.8 Å². The molecule has 0 bridgehead atoms. The molecule has 1 unspecified atom stereocenters. The highest BCUT2D eigenvalue weighted by Gasteiger charge is 2.85. The summed E-state index contributed by atoms with van der Waals surface area (Å²) in [7, 11) is 1.40. The van der Waals surface area contributed by atoms with E-state index in [1.54, 1.807) is 0 Å². The molecule has 5 nitrogen and oxygen atoms in total. The maximum absolute atomic E-state index is 11.2. The standard InChI is InChI=1S/C8H11NO2.C2HF3O2/c1-5-7(3-4-7)8(5,9)6(10)11-2;3-2(4,5)1(6)7/h1,3-4,9H2,2H3;(H,6,7). The number of hydrogen-bond donors (Lipinski definition) is 1. The summed E-state index contributed by atoms with van der Waals surface area (Å²) in [5.41, 5.74) is 4.32. The highest BCUT2D eigenvalue weighted by atomic mass is 19.4. The predicted octanol–water partition coefficient (Wildman–Crippen LogP) is -1.21. The lowest BCUT2D eigenvalue weighted by molar-refractivity contribution is -0.427. The summed E-state index contributed by atoms with van der Waals surface area (Å²) in [5.74, 6) is -3.23. The number of carboxylic acid groups (broad SMARTS) is 1. The second-order valence-electron chi connectivity index (χ2n) is 4.24. The fraction of sp³-hybridized carbons (Fsp3) is 0.600. The minimum Gasteiger partial charge on any atom is -0.542 e. The first kappa shape index (κ1) is 14.5. The summed E-state index contributed by atoms with van der Waals surface area (Å²) in [6.07, 6.45) is -3.07. The van der Waals surface area contributed by atoms with Crippen molar-refractivity contribution in [2.45, 2.75) is 24.6 Å². The van der Waals surface area contributed by atoms with E-state index < -0.39 is 17.7 Å². The van der Waals surface area contributed by atoms with Gasteiger partial charge in [-0.3, -0.25) is 0 Å². The van der Waals surface area contributed by atoms with Gasteiger partial charge in [0.05, 0.1) is 12.5 Å². The second kappa shape index (κ2) is 3.98. The van der Waals surface area contributed by atoms with Crippen molar-refractivity contribution in [3.8, 4) is 0 Å². The lowest BCUT2D eigenvalue weighted by Gasteiger charge is -2.03. The average Bonchev–Trinajstić information content (AvgIpc) is 3.13. The Morgan fingerprint density at radius 2 is 1.83 bits per heavy atom. The van der Waals surface area contributed by atoms with Gasteiger partial charge < -0.3 is 20.4 Å². The molecule has 0 saturated heterocycles. The van der Waals surface area contributed by atoms with Crippen molar-refractivity contribution >= 4 is 11.9 Å². The molecule has 0 amide bonds. The Morgan fingerprint density at radius 1 is 1.44 bits per heavy atom. The SMILES string of the molecule is C=C1C2(CC2)C1([NH3+])C(=O)OC.O=C([O-])C(F)(F)F. The van der Waals surface area contributed by atoms with E-state index in [1.807, 2.05) is 0 Å². The number of hydrogen-bond acceptors (Lipinski definition) is 4. The zero-order chi connectivity index (χ0) is 14.4.